The number of aromatic nitrogens is 2. The van der Waals surface area contributed by atoms with E-state index in [2.05, 4.69) is 37.4 Å². The Kier molecular flexibility index (Phi) is 8.58. The molecule has 11 heteroatoms. The molecule has 0 bridgehead atoms. The van der Waals surface area contributed by atoms with Gasteiger partial charge in [-0.05, 0) is 74.4 Å². The zero-order valence-electron chi connectivity index (χ0n) is 24.3. The van der Waals surface area contributed by atoms with Crippen LogP contribution in [0.4, 0.5) is 16.0 Å². The van der Waals surface area contributed by atoms with Crippen molar-refractivity contribution >= 4 is 27.6 Å². The number of halogens is 1. The molecule has 4 rings (SSSR count). The summed E-state index contributed by atoms with van der Waals surface area (Å²) in [7, 11) is -4.31. The van der Waals surface area contributed by atoms with Crippen molar-refractivity contribution in [2.45, 2.75) is 58.5 Å². The van der Waals surface area contributed by atoms with Crippen molar-refractivity contribution in [2.75, 3.05) is 23.8 Å². The van der Waals surface area contributed by atoms with E-state index in [1.54, 1.807) is 12.1 Å². The summed E-state index contributed by atoms with van der Waals surface area (Å²) in [5, 5.41) is -0.368. The van der Waals surface area contributed by atoms with E-state index in [0.29, 0.717) is 47.8 Å². The number of carbonyl (C=O) groups is 1. The standard InChI is InChI=1S/C30H38FN5O4S/c1-18(2)17-40-23-13-20(12-22(31)14-23)25-11-10-24(28(33-25)36-16-21(19(3)4)15-30(36,5)6)29(37)35-41(38,39)27-9-7-8-26(32)34-27/h7-14,18-19,21H,15-17H2,1-6H3,(H2,32,34)(H,35,37). The lowest BCUT2D eigenvalue weighted by Gasteiger charge is -2.34. The van der Waals surface area contributed by atoms with Crippen molar-refractivity contribution in [3.63, 3.8) is 0 Å². The van der Waals surface area contributed by atoms with Crippen molar-refractivity contribution in [3.8, 4) is 17.0 Å². The third-order valence-corrected chi connectivity index (χ3v) is 8.46. The van der Waals surface area contributed by atoms with Crippen LogP contribution in [-0.2, 0) is 10.0 Å². The number of pyridine rings is 2. The predicted molar refractivity (Wildman–Crippen MR) is 158 cm³/mol. The van der Waals surface area contributed by atoms with E-state index in [0.717, 1.165) is 6.42 Å². The number of hydrogen-bond donors (Lipinski definition) is 2. The van der Waals surface area contributed by atoms with Crippen molar-refractivity contribution in [1.29, 1.82) is 0 Å². The SMILES string of the molecule is CC(C)COc1cc(F)cc(-c2ccc(C(=O)NS(=O)(=O)c3cccc(N)n3)c(N3CC(C(C)C)CC3(C)C)n2)c1. The lowest BCUT2D eigenvalue weighted by molar-refractivity contribution is 0.0981. The Morgan fingerprint density at radius 1 is 1.15 bits per heavy atom. The second kappa shape index (κ2) is 11.6. The van der Waals surface area contributed by atoms with Crippen LogP contribution in [0.15, 0.2) is 53.6 Å². The second-order valence-corrected chi connectivity index (χ2v) is 13.5. The van der Waals surface area contributed by atoms with Gasteiger partial charge in [0.15, 0.2) is 5.03 Å². The first kappa shape index (κ1) is 30.2. The molecule has 0 aliphatic carbocycles. The van der Waals surface area contributed by atoms with E-state index in [1.807, 2.05) is 18.7 Å². The minimum Gasteiger partial charge on any atom is -0.493 e. The number of nitrogens with zero attached hydrogens (tertiary/aromatic N) is 3. The molecular weight excluding hydrogens is 545 g/mol. The monoisotopic (exact) mass is 583 g/mol. The molecule has 1 atom stereocenters. The van der Waals surface area contributed by atoms with Gasteiger partial charge in [-0.15, -0.1) is 0 Å². The highest BCUT2D eigenvalue weighted by Crippen LogP contribution is 2.41. The van der Waals surface area contributed by atoms with Crippen molar-refractivity contribution < 1.29 is 22.3 Å². The number of hydrogen-bond acceptors (Lipinski definition) is 8. The van der Waals surface area contributed by atoms with Gasteiger partial charge >= 0.3 is 0 Å². The molecule has 0 spiro atoms. The summed E-state index contributed by atoms with van der Waals surface area (Å²) >= 11 is 0. The quantitative estimate of drug-likeness (QED) is 0.348. The van der Waals surface area contributed by atoms with Gasteiger partial charge in [0.1, 0.15) is 23.2 Å². The average molecular weight is 584 g/mol. The highest BCUT2D eigenvalue weighted by molar-refractivity contribution is 7.90. The summed E-state index contributed by atoms with van der Waals surface area (Å²) < 4.78 is 48.5. The maximum atomic E-state index is 14.6. The van der Waals surface area contributed by atoms with Gasteiger partial charge in [0.2, 0.25) is 0 Å². The Morgan fingerprint density at radius 3 is 2.51 bits per heavy atom. The molecule has 1 aromatic carbocycles. The molecule has 1 fully saturated rings. The topological polar surface area (TPSA) is 128 Å². The molecule has 1 aliphatic heterocycles. The van der Waals surface area contributed by atoms with E-state index >= 15 is 0 Å². The molecule has 1 amide bonds. The number of benzene rings is 1. The summed E-state index contributed by atoms with van der Waals surface area (Å²) in [5.74, 6) is 0.349. The van der Waals surface area contributed by atoms with Crippen molar-refractivity contribution in [3.05, 3.63) is 59.9 Å². The number of nitrogens with two attached hydrogens (primary N) is 1. The van der Waals surface area contributed by atoms with Crippen LogP contribution in [0.5, 0.6) is 5.75 Å². The summed E-state index contributed by atoms with van der Waals surface area (Å²) in [5.41, 5.74) is 6.26. The second-order valence-electron chi connectivity index (χ2n) is 11.9. The van der Waals surface area contributed by atoms with Crippen molar-refractivity contribution in [1.82, 2.24) is 14.7 Å². The smallest absolute Gasteiger partial charge is 0.281 e. The highest BCUT2D eigenvalue weighted by Gasteiger charge is 2.42. The third-order valence-electron chi connectivity index (χ3n) is 7.23. The van der Waals surface area contributed by atoms with E-state index < -0.39 is 21.7 Å². The molecule has 9 nitrogen and oxygen atoms in total. The minimum atomic E-state index is -4.31. The number of carbonyl (C=O) groups excluding carboxylic acids is 1. The number of rotatable bonds is 9. The van der Waals surface area contributed by atoms with Gasteiger partial charge in [-0.25, -0.2) is 19.1 Å². The van der Waals surface area contributed by atoms with Crippen LogP contribution >= 0.6 is 0 Å². The Hall–Kier alpha value is -3.73. The number of anilines is 2. The van der Waals surface area contributed by atoms with Crippen LogP contribution in [0, 0.1) is 23.6 Å². The van der Waals surface area contributed by atoms with Crippen LogP contribution in [-0.4, -0.2) is 43.0 Å². The molecule has 1 unspecified atom stereocenters. The number of sulfonamides is 1. The Morgan fingerprint density at radius 2 is 1.88 bits per heavy atom. The first-order chi connectivity index (χ1) is 19.2. The molecule has 3 aromatic rings. The van der Waals surface area contributed by atoms with Gasteiger partial charge in [0.25, 0.3) is 15.9 Å². The van der Waals surface area contributed by atoms with Crippen LogP contribution in [0.3, 0.4) is 0 Å². The zero-order valence-corrected chi connectivity index (χ0v) is 25.1. The molecule has 41 heavy (non-hydrogen) atoms. The highest BCUT2D eigenvalue weighted by atomic mass is 32.2. The number of ether oxygens (including phenoxy) is 1. The van der Waals surface area contributed by atoms with Crippen molar-refractivity contribution in [2.24, 2.45) is 17.8 Å². The molecule has 220 valence electrons. The maximum absolute atomic E-state index is 14.6. The Bertz CT molecular complexity index is 1540. The largest absolute Gasteiger partial charge is 0.493 e. The zero-order chi connectivity index (χ0) is 30.1. The van der Waals surface area contributed by atoms with E-state index in [1.165, 1.54) is 36.4 Å². The van der Waals surface area contributed by atoms with E-state index in [-0.39, 0.29) is 27.9 Å². The normalized spacial score (nSPS) is 16.8. The van der Waals surface area contributed by atoms with Crippen LogP contribution < -0.4 is 20.1 Å². The molecule has 1 saturated heterocycles. The van der Waals surface area contributed by atoms with Gasteiger partial charge in [0.05, 0.1) is 17.9 Å². The first-order valence-electron chi connectivity index (χ1n) is 13.7. The molecule has 3 heterocycles. The lowest BCUT2D eigenvalue weighted by Crippen LogP contribution is -2.41. The van der Waals surface area contributed by atoms with Crippen LogP contribution in [0.2, 0.25) is 0 Å². The van der Waals surface area contributed by atoms with Gasteiger partial charge in [-0.2, -0.15) is 8.42 Å². The van der Waals surface area contributed by atoms with Gasteiger partial charge in [-0.3, -0.25) is 4.79 Å². The fourth-order valence-corrected chi connectivity index (χ4v) is 5.92. The molecular formula is C30H38FN5O4S. The number of nitrogen functional groups attached to an aromatic ring is 1. The molecule has 1 aliphatic rings. The summed E-state index contributed by atoms with van der Waals surface area (Å²) in [6, 6.07) is 11.6. The molecule has 0 saturated carbocycles. The minimum absolute atomic E-state index is 0.0115. The maximum Gasteiger partial charge on any atom is 0.281 e. The Balaban J connectivity index is 1.78. The summed E-state index contributed by atoms with van der Waals surface area (Å²) in [6.07, 6.45) is 0.857. The van der Waals surface area contributed by atoms with E-state index in [9.17, 15) is 17.6 Å². The summed E-state index contributed by atoms with van der Waals surface area (Å²) in [6.45, 7) is 13.5. The Labute approximate surface area is 241 Å². The summed E-state index contributed by atoms with van der Waals surface area (Å²) in [4.78, 5) is 24.3. The van der Waals surface area contributed by atoms with E-state index in [4.69, 9.17) is 15.5 Å². The fraction of sp³-hybridized carbons (Fsp3) is 0.433. The molecule has 0 radical (unpaired) electrons. The first-order valence-corrected chi connectivity index (χ1v) is 15.2. The number of nitrogens with one attached hydrogen (secondary N) is 1. The number of amides is 1. The molecule has 3 N–H and O–H groups in total. The van der Waals surface area contributed by atoms with Crippen LogP contribution in [0.1, 0.15) is 58.3 Å². The third kappa shape index (κ3) is 6.95. The average Bonchev–Trinajstić information content (AvgIpc) is 3.21. The lowest BCUT2D eigenvalue weighted by atomic mass is 9.89. The molecule has 2 aromatic heterocycles. The predicted octanol–water partition coefficient (Wildman–Crippen LogP) is 5.28. The fourth-order valence-electron chi connectivity index (χ4n) is 4.98. The van der Waals surface area contributed by atoms with Gasteiger partial charge in [-0.1, -0.05) is 33.8 Å². The van der Waals surface area contributed by atoms with Gasteiger partial charge < -0.3 is 15.4 Å². The van der Waals surface area contributed by atoms with Gasteiger partial charge in [0, 0.05) is 23.7 Å². The van der Waals surface area contributed by atoms with Crippen LogP contribution in [0.25, 0.3) is 11.3 Å².